The molecule has 1 amide bonds. The summed E-state index contributed by atoms with van der Waals surface area (Å²) >= 11 is 0. The van der Waals surface area contributed by atoms with Gasteiger partial charge >= 0.3 is 5.84 Å². The van der Waals surface area contributed by atoms with Gasteiger partial charge in [0.2, 0.25) is 5.76 Å². The lowest BCUT2D eigenvalue weighted by Gasteiger charge is -2.13. The van der Waals surface area contributed by atoms with Crippen molar-refractivity contribution in [2.24, 2.45) is 0 Å². The molecule has 3 rings (SSSR count). The number of hydrogen-bond donors (Lipinski definition) is 1. The van der Waals surface area contributed by atoms with Crippen molar-refractivity contribution in [1.82, 2.24) is 19.9 Å². The molecule has 6 nitrogen and oxygen atoms in total. The first-order valence-corrected chi connectivity index (χ1v) is 7.69. The van der Waals surface area contributed by atoms with Crippen molar-refractivity contribution in [2.75, 3.05) is 0 Å². The molecule has 0 aliphatic rings. The number of nitrogens with zero attached hydrogens (tertiary/aromatic N) is 3. The lowest BCUT2D eigenvalue weighted by molar-refractivity contribution is 0.0912. The maximum atomic E-state index is 12.5. The van der Waals surface area contributed by atoms with Gasteiger partial charge < -0.3 is 9.73 Å². The number of rotatable bonds is 4. The van der Waals surface area contributed by atoms with E-state index in [1.54, 1.807) is 11.4 Å². The second-order valence-corrected chi connectivity index (χ2v) is 5.94. The highest BCUT2D eigenvalue weighted by molar-refractivity contribution is 5.93. The third kappa shape index (κ3) is 2.84. The van der Waals surface area contributed by atoms with Crippen LogP contribution in [0.25, 0.3) is 5.84 Å². The zero-order chi connectivity index (χ0) is 16.6. The molecule has 0 saturated carbocycles. The fourth-order valence-corrected chi connectivity index (χ4v) is 2.40. The van der Waals surface area contributed by atoms with Crippen molar-refractivity contribution in [1.29, 1.82) is 0 Å². The van der Waals surface area contributed by atoms with Crippen LogP contribution >= 0.6 is 0 Å². The normalized spacial score (nSPS) is 12.7. The maximum absolute atomic E-state index is 12.5. The van der Waals surface area contributed by atoms with Crippen LogP contribution < -0.4 is 5.32 Å². The van der Waals surface area contributed by atoms with Crippen LogP contribution in [-0.2, 0) is 0 Å². The molecule has 2 aromatic heterocycles. The van der Waals surface area contributed by atoms with E-state index in [9.17, 15) is 4.79 Å². The van der Waals surface area contributed by atoms with Crippen molar-refractivity contribution in [3.63, 3.8) is 0 Å². The molecule has 0 fully saturated rings. The zero-order valence-corrected chi connectivity index (χ0v) is 13.7. The van der Waals surface area contributed by atoms with Crippen LogP contribution in [0.1, 0.15) is 60.4 Å². The number of aryl methyl sites for hydroxylation is 1. The molecule has 0 spiro atoms. The van der Waals surface area contributed by atoms with Gasteiger partial charge in [0.15, 0.2) is 5.82 Å². The number of fused-ring (bicyclic) bond motifs is 1. The monoisotopic (exact) mass is 312 g/mol. The molecule has 6 heteroatoms. The van der Waals surface area contributed by atoms with Crippen LogP contribution in [0.3, 0.4) is 0 Å². The predicted molar refractivity (Wildman–Crippen MR) is 86.4 cm³/mol. The Morgan fingerprint density at radius 2 is 1.91 bits per heavy atom. The summed E-state index contributed by atoms with van der Waals surface area (Å²) in [4.78, 5) is 16.8. The third-order valence-corrected chi connectivity index (χ3v) is 3.80. The highest BCUT2D eigenvalue weighted by atomic mass is 16.4. The lowest BCUT2D eigenvalue weighted by atomic mass is 10.1. The average molecular weight is 312 g/mol. The Morgan fingerprint density at radius 3 is 2.52 bits per heavy atom. The second kappa shape index (κ2) is 5.87. The van der Waals surface area contributed by atoms with Crippen LogP contribution in [0.5, 0.6) is 0 Å². The molecule has 0 bridgehead atoms. The Balaban J connectivity index is 1.84. The summed E-state index contributed by atoms with van der Waals surface area (Å²) in [5.41, 5.74) is 1.69. The van der Waals surface area contributed by atoms with Crippen LogP contribution in [0.2, 0.25) is 0 Å². The summed E-state index contributed by atoms with van der Waals surface area (Å²) in [6.45, 7) is 7.77. The maximum Gasteiger partial charge on any atom is 0.325 e. The first kappa shape index (κ1) is 15.3. The van der Waals surface area contributed by atoms with Gasteiger partial charge in [0, 0.05) is 5.92 Å². The fourth-order valence-electron chi connectivity index (χ4n) is 2.40. The number of aromatic nitrogens is 3. The van der Waals surface area contributed by atoms with E-state index >= 15 is 0 Å². The van der Waals surface area contributed by atoms with E-state index in [1.165, 1.54) is 0 Å². The van der Waals surface area contributed by atoms with Crippen molar-refractivity contribution >= 4 is 11.8 Å². The number of carbonyl (C=O) groups is 1. The van der Waals surface area contributed by atoms with Crippen LogP contribution in [-0.4, -0.2) is 20.5 Å². The molecule has 0 radical (unpaired) electrons. The average Bonchev–Trinajstić information content (AvgIpc) is 3.08. The predicted octanol–water partition coefficient (Wildman–Crippen LogP) is 3.25. The third-order valence-electron chi connectivity index (χ3n) is 3.80. The van der Waals surface area contributed by atoms with E-state index in [0.717, 1.165) is 5.56 Å². The van der Waals surface area contributed by atoms with Gasteiger partial charge in [-0.25, -0.2) is 0 Å². The van der Waals surface area contributed by atoms with Crippen LogP contribution in [0.15, 0.2) is 34.7 Å². The Labute approximate surface area is 134 Å². The minimum absolute atomic E-state index is 0.111. The Bertz CT molecular complexity index is 833. The van der Waals surface area contributed by atoms with Gasteiger partial charge in [-0.05, 0) is 19.4 Å². The fraction of sp³-hybridized carbons (Fsp3) is 0.353. The van der Waals surface area contributed by atoms with Gasteiger partial charge in [0.25, 0.3) is 5.91 Å². The standard InChI is InChI=1S/C17H20N4O2/c1-10(2)15-19-17-21(20-15)12(4)14(23-17)16(22)18-11(3)13-8-6-5-7-9-13/h5-11H,1-4H3,(H,18,22). The molecule has 1 atom stereocenters. The number of oxazole rings is 1. The first-order chi connectivity index (χ1) is 11.0. The molecule has 1 N–H and O–H groups in total. The molecule has 3 aromatic rings. The number of carbonyl (C=O) groups excluding carboxylic acids is 1. The SMILES string of the molecule is Cc1c(C(=O)NC(C)c2ccccc2)oc2nc(C(C)C)nn12. The smallest absolute Gasteiger partial charge is 0.325 e. The molecule has 0 aliphatic carbocycles. The van der Waals surface area contributed by atoms with Crippen molar-refractivity contribution < 1.29 is 9.21 Å². The van der Waals surface area contributed by atoms with Gasteiger partial charge in [-0.3, -0.25) is 4.79 Å². The largest absolute Gasteiger partial charge is 0.416 e. The molecule has 0 saturated heterocycles. The van der Waals surface area contributed by atoms with Gasteiger partial charge in [0.1, 0.15) is 0 Å². The molecule has 23 heavy (non-hydrogen) atoms. The van der Waals surface area contributed by atoms with E-state index in [-0.39, 0.29) is 23.6 Å². The van der Waals surface area contributed by atoms with Gasteiger partial charge in [-0.2, -0.15) is 9.50 Å². The summed E-state index contributed by atoms with van der Waals surface area (Å²) in [6, 6.07) is 9.68. The van der Waals surface area contributed by atoms with E-state index in [1.807, 2.05) is 51.1 Å². The van der Waals surface area contributed by atoms with E-state index < -0.39 is 0 Å². The Hall–Kier alpha value is -2.63. The second-order valence-electron chi connectivity index (χ2n) is 5.94. The van der Waals surface area contributed by atoms with Crippen LogP contribution in [0, 0.1) is 6.92 Å². The lowest BCUT2D eigenvalue weighted by Crippen LogP contribution is -2.27. The van der Waals surface area contributed by atoms with Gasteiger partial charge in [-0.15, -0.1) is 5.10 Å². The molecular formula is C17H20N4O2. The van der Waals surface area contributed by atoms with Crippen molar-refractivity contribution in [3.05, 3.63) is 53.2 Å². The number of hydrogen-bond acceptors (Lipinski definition) is 4. The quantitative estimate of drug-likeness (QED) is 0.802. The molecule has 120 valence electrons. The molecular weight excluding hydrogens is 292 g/mol. The summed E-state index contributed by atoms with van der Waals surface area (Å²) in [5.74, 6) is 1.25. The van der Waals surface area contributed by atoms with Crippen molar-refractivity contribution in [3.8, 4) is 0 Å². The summed E-state index contributed by atoms with van der Waals surface area (Å²) in [5, 5.41) is 7.32. The molecule has 2 heterocycles. The molecule has 1 unspecified atom stereocenters. The Kier molecular flexibility index (Phi) is 3.90. The van der Waals surface area contributed by atoms with Crippen molar-refractivity contribution in [2.45, 2.75) is 39.7 Å². The van der Waals surface area contributed by atoms with E-state index in [4.69, 9.17) is 4.42 Å². The van der Waals surface area contributed by atoms with Gasteiger partial charge in [-0.1, -0.05) is 44.2 Å². The summed E-state index contributed by atoms with van der Waals surface area (Å²) in [6.07, 6.45) is 0. The summed E-state index contributed by atoms with van der Waals surface area (Å²) < 4.78 is 7.19. The summed E-state index contributed by atoms with van der Waals surface area (Å²) in [7, 11) is 0. The van der Waals surface area contributed by atoms with E-state index in [0.29, 0.717) is 17.4 Å². The number of nitrogens with one attached hydrogen (secondary N) is 1. The Morgan fingerprint density at radius 1 is 1.22 bits per heavy atom. The topological polar surface area (TPSA) is 72.4 Å². The zero-order valence-electron chi connectivity index (χ0n) is 13.7. The molecule has 0 aliphatic heterocycles. The molecule has 1 aromatic carbocycles. The number of amides is 1. The van der Waals surface area contributed by atoms with Gasteiger partial charge in [0.05, 0.1) is 11.7 Å². The highest BCUT2D eigenvalue weighted by Gasteiger charge is 2.22. The minimum atomic E-state index is -0.266. The minimum Gasteiger partial charge on any atom is -0.416 e. The highest BCUT2D eigenvalue weighted by Crippen LogP contribution is 2.19. The van der Waals surface area contributed by atoms with Crippen LogP contribution in [0.4, 0.5) is 0 Å². The number of benzene rings is 1. The first-order valence-electron chi connectivity index (χ1n) is 7.69. The van der Waals surface area contributed by atoms with E-state index in [2.05, 4.69) is 15.4 Å².